The monoisotopic (exact) mass is 335 g/mol. The van der Waals surface area contributed by atoms with Crippen LogP contribution >= 0.6 is 0 Å². The molecule has 0 unspecified atom stereocenters. The van der Waals surface area contributed by atoms with E-state index >= 15 is 0 Å². The van der Waals surface area contributed by atoms with E-state index in [1.165, 1.54) is 0 Å². The highest BCUT2D eigenvalue weighted by molar-refractivity contribution is 5.96. The Morgan fingerprint density at radius 1 is 1.20 bits per heavy atom. The zero-order chi connectivity index (χ0) is 17.2. The summed E-state index contributed by atoms with van der Waals surface area (Å²) in [7, 11) is 1.65. The Morgan fingerprint density at radius 2 is 2.04 bits per heavy atom. The van der Waals surface area contributed by atoms with Crippen molar-refractivity contribution in [2.75, 3.05) is 25.2 Å². The van der Waals surface area contributed by atoms with Crippen LogP contribution in [0.1, 0.15) is 11.3 Å². The molecule has 25 heavy (non-hydrogen) atoms. The summed E-state index contributed by atoms with van der Waals surface area (Å²) in [6, 6.07) is 13.6. The molecular formula is C19H17N3O3. The van der Waals surface area contributed by atoms with Gasteiger partial charge in [-0.15, -0.1) is 0 Å². The number of amides is 1. The molecule has 2 aromatic carbocycles. The Hall–Kier alpha value is -3.28. The standard InChI is InChI=1S/C19H17N3O3/c1-24-15-6-2-13(3-7-15)4-8-17-16-12-14(5-9-18(16)21-20-17)22-10-11-25-19(22)23/h2-9,12H,10-11H2,1H3,(H,20,21). The van der Waals surface area contributed by atoms with E-state index in [2.05, 4.69) is 10.2 Å². The summed E-state index contributed by atoms with van der Waals surface area (Å²) in [5.74, 6) is 0.824. The second kappa shape index (κ2) is 6.32. The van der Waals surface area contributed by atoms with Crippen molar-refractivity contribution in [1.29, 1.82) is 0 Å². The number of cyclic esters (lactones) is 1. The molecule has 126 valence electrons. The fourth-order valence-corrected chi connectivity index (χ4v) is 2.84. The van der Waals surface area contributed by atoms with Gasteiger partial charge in [0.05, 0.1) is 24.9 Å². The molecule has 0 aliphatic carbocycles. The highest BCUT2D eigenvalue weighted by Crippen LogP contribution is 2.26. The van der Waals surface area contributed by atoms with Gasteiger partial charge in [0.15, 0.2) is 0 Å². The summed E-state index contributed by atoms with van der Waals surface area (Å²) in [5.41, 5.74) is 3.61. The van der Waals surface area contributed by atoms with Crippen molar-refractivity contribution in [3.05, 3.63) is 53.7 Å². The van der Waals surface area contributed by atoms with E-state index in [-0.39, 0.29) is 6.09 Å². The maximum Gasteiger partial charge on any atom is 0.414 e. The van der Waals surface area contributed by atoms with Gasteiger partial charge in [0.25, 0.3) is 0 Å². The number of fused-ring (bicyclic) bond motifs is 1. The molecule has 0 spiro atoms. The summed E-state index contributed by atoms with van der Waals surface area (Å²) >= 11 is 0. The molecule has 1 aromatic heterocycles. The molecule has 1 fully saturated rings. The number of rotatable bonds is 4. The average molecular weight is 335 g/mol. The van der Waals surface area contributed by atoms with Crippen molar-refractivity contribution in [1.82, 2.24) is 10.2 Å². The van der Waals surface area contributed by atoms with Crippen molar-refractivity contribution in [2.24, 2.45) is 0 Å². The number of carbonyl (C=O) groups excluding carboxylic acids is 1. The normalized spacial score (nSPS) is 14.4. The largest absolute Gasteiger partial charge is 0.497 e. The first-order chi connectivity index (χ1) is 12.2. The van der Waals surface area contributed by atoms with Crippen LogP contribution in [-0.2, 0) is 4.74 Å². The van der Waals surface area contributed by atoms with Gasteiger partial charge < -0.3 is 9.47 Å². The minimum atomic E-state index is -0.307. The predicted molar refractivity (Wildman–Crippen MR) is 96.7 cm³/mol. The lowest BCUT2D eigenvalue weighted by molar-refractivity contribution is 0.181. The molecular weight excluding hydrogens is 318 g/mol. The molecule has 1 amide bonds. The first-order valence-corrected chi connectivity index (χ1v) is 7.99. The molecule has 0 atom stereocenters. The Balaban J connectivity index is 1.64. The summed E-state index contributed by atoms with van der Waals surface area (Å²) < 4.78 is 10.2. The number of nitrogens with zero attached hydrogens (tertiary/aromatic N) is 2. The number of aromatic amines is 1. The highest BCUT2D eigenvalue weighted by atomic mass is 16.6. The third-order valence-corrected chi connectivity index (χ3v) is 4.20. The molecule has 6 heteroatoms. The second-order valence-corrected chi connectivity index (χ2v) is 5.71. The van der Waals surface area contributed by atoms with Crippen molar-refractivity contribution in [3.8, 4) is 5.75 Å². The maximum absolute atomic E-state index is 11.8. The molecule has 1 aliphatic heterocycles. The molecule has 6 nitrogen and oxygen atoms in total. The number of nitrogens with one attached hydrogen (secondary N) is 1. The van der Waals surface area contributed by atoms with Gasteiger partial charge in [-0.2, -0.15) is 5.10 Å². The molecule has 4 rings (SSSR count). The van der Waals surface area contributed by atoms with Crippen LogP contribution in [0.4, 0.5) is 10.5 Å². The zero-order valence-corrected chi connectivity index (χ0v) is 13.7. The van der Waals surface area contributed by atoms with Gasteiger partial charge in [-0.05, 0) is 42.0 Å². The third kappa shape index (κ3) is 2.94. The van der Waals surface area contributed by atoms with Crippen LogP contribution in [0.15, 0.2) is 42.5 Å². The highest BCUT2D eigenvalue weighted by Gasteiger charge is 2.23. The Bertz CT molecular complexity index is 944. The average Bonchev–Trinajstić information content (AvgIpc) is 3.26. The van der Waals surface area contributed by atoms with Gasteiger partial charge in [0, 0.05) is 11.1 Å². The summed E-state index contributed by atoms with van der Waals surface area (Å²) in [4.78, 5) is 13.4. The number of methoxy groups -OCH3 is 1. The summed E-state index contributed by atoms with van der Waals surface area (Å²) in [5, 5.41) is 8.34. The Labute approximate surface area is 144 Å². The van der Waals surface area contributed by atoms with Crippen LogP contribution in [0.5, 0.6) is 5.75 Å². The minimum Gasteiger partial charge on any atom is -0.497 e. The number of H-pyrrole nitrogens is 1. The minimum absolute atomic E-state index is 0.307. The van der Waals surface area contributed by atoms with Crippen molar-refractivity contribution in [2.45, 2.75) is 0 Å². The van der Waals surface area contributed by atoms with Gasteiger partial charge in [-0.3, -0.25) is 10.00 Å². The molecule has 1 N–H and O–H groups in total. The maximum atomic E-state index is 11.8. The lowest BCUT2D eigenvalue weighted by Crippen LogP contribution is -2.23. The number of carbonyl (C=O) groups is 1. The summed E-state index contributed by atoms with van der Waals surface area (Å²) in [6.45, 7) is 0.992. The quantitative estimate of drug-likeness (QED) is 0.789. The molecule has 0 bridgehead atoms. The number of hydrogen-bond acceptors (Lipinski definition) is 4. The number of aromatic nitrogens is 2. The van der Waals surface area contributed by atoms with E-state index in [1.807, 2.05) is 54.6 Å². The molecule has 1 saturated heterocycles. The topological polar surface area (TPSA) is 67.4 Å². The van der Waals surface area contributed by atoms with Crippen molar-refractivity contribution >= 4 is 34.8 Å². The van der Waals surface area contributed by atoms with E-state index in [0.717, 1.165) is 33.6 Å². The van der Waals surface area contributed by atoms with Crippen LogP contribution in [0, 0.1) is 0 Å². The molecule has 2 heterocycles. The smallest absolute Gasteiger partial charge is 0.414 e. The van der Waals surface area contributed by atoms with Gasteiger partial charge >= 0.3 is 6.09 Å². The first-order valence-electron chi connectivity index (χ1n) is 7.99. The van der Waals surface area contributed by atoms with E-state index in [9.17, 15) is 4.79 Å². The first kappa shape index (κ1) is 15.3. The van der Waals surface area contributed by atoms with Gasteiger partial charge in [0.1, 0.15) is 12.4 Å². The van der Waals surface area contributed by atoms with Gasteiger partial charge in [-0.1, -0.05) is 18.2 Å². The van der Waals surface area contributed by atoms with Crippen LogP contribution in [-0.4, -0.2) is 36.6 Å². The number of ether oxygens (including phenoxy) is 2. The molecule has 0 saturated carbocycles. The van der Waals surface area contributed by atoms with Gasteiger partial charge in [0.2, 0.25) is 0 Å². The van der Waals surface area contributed by atoms with Crippen LogP contribution in [0.25, 0.3) is 23.1 Å². The zero-order valence-electron chi connectivity index (χ0n) is 13.7. The Kier molecular flexibility index (Phi) is 3.85. The van der Waals surface area contributed by atoms with E-state index in [4.69, 9.17) is 9.47 Å². The van der Waals surface area contributed by atoms with Crippen molar-refractivity contribution in [3.63, 3.8) is 0 Å². The number of anilines is 1. The number of benzene rings is 2. The fourth-order valence-electron chi connectivity index (χ4n) is 2.84. The third-order valence-electron chi connectivity index (χ3n) is 4.20. The van der Waals surface area contributed by atoms with Crippen LogP contribution < -0.4 is 9.64 Å². The lowest BCUT2D eigenvalue weighted by atomic mass is 10.1. The van der Waals surface area contributed by atoms with Crippen LogP contribution in [0.2, 0.25) is 0 Å². The van der Waals surface area contributed by atoms with E-state index in [1.54, 1.807) is 12.0 Å². The van der Waals surface area contributed by atoms with E-state index in [0.29, 0.717) is 13.2 Å². The predicted octanol–water partition coefficient (Wildman–Crippen LogP) is 3.70. The molecule has 0 radical (unpaired) electrons. The molecule has 3 aromatic rings. The van der Waals surface area contributed by atoms with Crippen molar-refractivity contribution < 1.29 is 14.3 Å². The lowest BCUT2D eigenvalue weighted by Gasteiger charge is -2.12. The second-order valence-electron chi connectivity index (χ2n) is 5.71. The number of hydrogen-bond donors (Lipinski definition) is 1. The summed E-state index contributed by atoms with van der Waals surface area (Å²) in [6.07, 6.45) is 3.64. The van der Waals surface area contributed by atoms with E-state index < -0.39 is 0 Å². The fraction of sp³-hybridized carbons (Fsp3) is 0.158. The Morgan fingerprint density at radius 3 is 2.76 bits per heavy atom. The van der Waals surface area contributed by atoms with Crippen LogP contribution in [0.3, 0.4) is 0 Å². The van der Waals surface area contributed by atoms with Gasteiger partial charge in [-0.25, -0.2) is 4.79 Å². The molecule has 1 aliphatic rings. The SMILES string of the molecule is COc1ccc(C=Cc2n[nH]c3ccc(N4CCOC4=O)cc23)cc1.